The Morgan fingerprint density at radius 3 is 2.74 bits per heavy atom. The molecule has 0 spiro atoms. The third kappa shape index (κ3) is 4.90. The quantitative estimate of drug-likeness (QED) is 0.342. The smallest absolute Gasteiger partial charge is 0.257 e. The van der Waals surface area contributed by atoms with E-state index in [0.717, 1.165) is 46.5 Å². The van der Waals surface area contributed by atoms with Gasteiger partial charge in [0.25, 0.3) is 11.8 Å². The Hall–Kier alpha value is -3.82. The summed E-state index contributed by atoms with van der Waals surface area (Å²) in [6.45, 7) is 0.305. The molecule has 172 valence electrons. The maximum absolute atomic E-state index is 12.8. The van der Waals surface area contributed by atoms with Crippen LogP contribution in [0, 0.1) is 0 Å². The number of nitrogens with one attached hydrogen (secondary N) is 3. The lowest BCUT2D eigenvalue weighted by atomic mass is 9.99. The summed E-state index contributed by atoms with van der Waals surface area (Å²) in [5, 5.41) is 13.1. The fraction of sp³-hybridized carbons (Fsp3) is 0.200. The molecule has 0 fully saturated rings. The first-order chi connectivity index (χ1) is 16.5. The van der Waals surface area contributed by atoms with E-state index in [1.165, 1.54) is 11.3 Å². The van der Waals surface area contributed by atoms with E-state index in [2.05, 4.69) is 25.8 Å². The predicted molar refractivity (Wildman–Crippen MR) is 132 cm³/mol. The molecule has 4 aromatic rings. The predicted octanol–water partition coefficient (Wildman–Crippen LogP) is 3.53. The van der Waals surface area contributed by atoms with Crippen LogP contribution in [0.1, 0.15) is 43.3 Å². The molecule has 0 aliphatic heterocycles. The van der Waals surface area contributed by atoms with Gasteiger partial charge in [-0.15, -0.1) is 11.3 Å². The molecule has 1 aliphatic carbocycles. The van der Waals surface area contributed by atoms with Crippen molar-refractivity contribution in [1.29, 1.82) is 0 Å². The number of hydrogen-bond donors (Lipinski definition) is 4. The van der Waals surface area contributed by atoms with Crippen LogP contribution in [0.4, 0.5) is 5.13 Å². The van der Waals surface area contributed by atoms with Crippen LogP contribution in [0.5, 0.6) is 0 Å². The highest BCUT2D eigenvalue weighted by molar-refractivity contribution is 7.15. The second-order valence-corrected chi connectivity index (χ2v) is 9.38. The minimum absolute atomic E-state index is 0.163. The number of anilines is 1. The molecule has 2 aromatic heterocycles. The number of aryl methyl sites for hydroxylation is 1. The van der Waals surface area contributed by atoms with Crippen molar-refractivity contribution in [3.05, 3.63) is 88.2 Å². The number of hydrogen-bond acceptors (Lipinski definition) is 6. The molecule has 2 aromatic carbocycles. The number of H-pyrrole nitrogens is 1. The zero-order valence-electron chi connectivity index (χ0n) is 18.4. The highest BCUT2D eigenvalue weighted by atomic mass is 32.1. The topological polar surface area (TPSA) is 126 Å². The molecule has 0 bridgehead atoms. The highest BCUT2D eigenvalue weighted by Gasteiger charge is 2.21. The van der Waals surface area contributed by atoms with Crippen molar-refractivity contribution in [2.45, 2.75) is 31.8 Å². The zero-order valence-corrected chi connectivity index (χ0v) is 19.2. The summed E-state index contributed by atoms with van der Waals surface area (Å²) in [7, 11) is 0. The minimum Gasteiger partial charge on any atom is -0.348 e. The second-order valence-electron chi connectivity index (χ2n) is 8.30. The lowest BCUT2D eigenvalue weighted by Gasteiger charge is -2.15. The van der Waals surface area contributed by atoms with Gasteiger partial charge < -0.3 is 11.1 Å². The molecule has 0 radical (unpaired) electrons. The summed E-state index contributed by atoms with van der Waals surface area (Å²) in [5.41, 5.74) is 10.8. The van der Waals surface area contributed by atoms with Gasteiger partial charge in [-0.25, -0.2) is 4.98 Å². The Labute approximate surface area is 200 Å². The number of carbonyl (C=O) groups is 2. The van der Waals surface area contributed by atoms with Crippen LogP contribution >= 0.6 is 11.3 Å². The Kier molecular flexibility index (Phi) is 6.20. The second kappa shape index (κ2) is 9.58. The molecule has 5 rings (SSSR count). The van der Waals surface area contributed by atoms with E-state index in [1.807, 2.05) is 30.3 Å². The maximum Gasteiger partial charge on any atom is 0.257 e. The molecular formula is C25H24N6O2S. The summed E-state index contributed by atoms with van der Waals surface area (Å²) in [4.78, 5) is 31.2. The number of aromatic amines is 1. The molecule has 2 amide bonds. The lowest BCUT2D eigenvalue weighted by Crippen LogP contribution is -2.27. The Morgan fingerprint density at radius 2 is 1.91 bits per heavy atom. The largest absolute Gasteiger partial charge is 0.348 e. The van der Waals surface area contributed by atoms with Gasteiger partial charge in [0.05, 0.1) is 11.9 Å². The van der Waals surface area contributed by atoms with E-state index in [9.17, 15) is 9.59 Å². The molecule has 1 atom stereocenters. The van der Waals surface area contributed by atoms with E-state index in [0.29, 0.717) is 22.8 Å². The van der Waals surface area contributed by atoms with Crippen molar-refractivity contribution in [3.63, 3.8) is 0 Å². The Morgan fingerprint density at radius 1 is 1.09 bits per heavy atom. The molecule has 9 heteroatoms. The summed E-state index contributed by atoms with van der Waals surface area (Å²) >= 11 is 1.49. The van der Waals surface area contributed by atoms with Crippen LogP contribution in [0.25, 0.3) is 11.1 Å². The fourth-order valence-corrected chi connectivity index (χ4v) is 5.07. The van der Waals surface area contributed by atoms with Crippen molar-refractivity contribution in [2.75, 3.05) is 5.32 Å². The monoisotopic (exact) mass is 472 g/mol. The molecule has 0 saturated heterocycles. The van der Waals surface area contributed by atoms with Crippen molar-refractivity contribution in [2.24, 2.45) is 5.73 Å². The van der Waals surface area contributed by atoms with Gasteiger partial charge >= 0.3 is 0 Å². The van der Waals surface area contributed by atoms with Crippen LogP contribution in [-0.4, -0.2) is 33.0 Å². The van der Waals surface area contributed by atoms with Crippen molar-refractivity contribution >= 4 is 28.3 Å². The van der Waals surface area contributed by atoms with Crippen LogP contribution in [0.15, 0.2) is 60.9 Å². The average molecular weight is 473 g/mol. The number of rotatable bonds is 6. The van der Waals surface area contributed by atoms with E-state index in [1.54, 1.807) is 30.6 Å². The normalized spacial score (nSPS) is 14.9. The highest BCUT2D eigenvalue weighted by Crippen LogP contribution is 2.29. The van der Waals surface area contributed by atoms with Gasteiger partial charge in [-0.3, -0.25) is 20.0 Å². The molecule has 1 aliphatic rings. The molecule has 0 saturated carbocycles. The third-order valence-electron chi connectivity index (χ3n) is 5.80. The van der Waals surface area contributed by atoms with Crippen LogP contribution < -0.4 is 16.4 Å². The summed E-state index contributed by atoms with van der Waals surface area (Å²) < 4.78 is 0. The van der Waals surface area contributed by atoms with Gasteiger partial charge in [-0.2, -0.15) is 5.10 Å². The zero-order chi connectivity index (χ0) is 23.5. The number of thiazole rings is 1. The van der Waals surface area contributed by atoms with Gasteiger partial charge in [-0.1, -0.05) is 24.3 Å². The van der Waals surface area contributed by atoms with E-state index >= 15 is 0 Å². The maximum atomic E-state index is 12.8. The van der Waals surface area contributed by atoms with Crippen molar-refractivity contribution in [1.82, 2.24) is 20.5 Å². The number of carbonyl (C=O) groups excluding carboxylic acids is 2. The van der Waals surface area contributed by atoms with Gasteiger partial charge in [-0.05, 0) is 54.7 Å². The number of benzene rings is 2. The lowest BCUT2D eigenvalue weighted by molar-refractivity contribution is 0.0950. The molecular weight excluding hydrogens is 448 g/mol. The van der Waals surface area contributed by atoms with Crippen LogP contribution in [-0.2, 0) is 19.4 Å². The minimum atomic E-state index is -0.226. The number of amides is 2. The first-order valence-electron chi connectivity index (χ1n) is 11.1. The number of aromatic nitrogens is 3. The average Bonchev–Trinajstić information content (AvgIpc) is 3.52. The molecule has 5 N–H and O–H groups in total. The van der Waals surface area contributed by atoms with Gasteiger partial charge in [0, 0.05) is 40.4 Å². The van der Waals surface area contributed by atoms with Crippen molar-refractivity contribution < 1.29 is 9.59 Å². The van der Waals surface area contributed by atoms with Gasteiger partial charge in [0.1, 0.15) is 0 Å². The fourth-order valence-electron chi connectivity index (χ4n) is 3.98. The molecule has 2 heterocycles. The summed E-state index contributed by atoms with van der Waals surface area (Å²) in [5.74, 6) is -0.414. The Balaban J connectivity index is 1.22. The van der Waals surface area contributed by atoms with Gasteiger partial charge in [0.15, 0.2) is 5.13 Å². The first kappa shape index (κ1) is 22.0. The van der Waals surface area contributed by atoms with E-state index in [4.69, 9.17) is 5.73 Å². The van der Waals surface area contributed by atoms with Crippen LogP contribution in [0.2, 0.25) is 0 Å². The number of nitrogens with two attached hydrogens (primary N) is 1. The Bertz CT molecular complexity index is 1330. The van der Waals surface area contributed by atoms with Crippen molar-refractivity contribution in [3.8, 4) is 11.1 Å². The first-order valence-corrected chi connectivity index (χ1v) is 11.9. The van der Waals surface area contributed by atoms with Gasteiger partial charge in [0.2, 0.25) is 0 Å². The molecule has 34 heavy (non-hydrogen) atoms. The molecule has 8 nitrogen and oxygen atoms in total. The third-order valence-corrected chi connectivity index (χ3v) is 6.83. The van der Waals surface area contributed by atoms with E-state index < -0.39 is 0 Å². The standard InChI is InChI=1S/C25H24N6O2S/c26-20-7-8-21-22(11-20)34-25(30-21)31-24(33)17-5-1-3-15(9-17)12-27-23(32)18-6-2-4-16(10-18)19-13-28-29-14-19/h1-6,9-10,13-14,20H,7-8,11-12,26H2,(H,27,32)(H,28,29)(H,30,31,33)/t20-/m1/s1. The number of fused-ring (bicyclic) bond motifs is 1. The number of nitrogens with zero attached hydrogens (tertiary/aromatic N) is 2. The summed E-state index contributed by atoms with van der Waals surface area (Å²) in [6.07, 6.45) is 6.07. The summed E-state index contributed by atoms with van der Waals surface area (Å²) in [6, 6.07) is 14.7. The van der Waals surface area contributed by atoms with Crippen LogP contribution in [0.3, 0.4) is 0 Å². The van der Waals surface area contributed by atoms with E-state index in [-0.39, 0.29) is 17.9 Å². The molecule has 0 unspecified atom stereocenters. The SMILES string of the molecule is N[C@@H]1CCc2nc(NC(=O)c3cccc(CNC(=O)c4cccc(-c5cn[nH]c5)c4)c3)sc2C1.